The number of rotatable bonds is 4. The Balaban J connectivity index is 1.21. The van der Waals surface area contributed by atoms with Crippen molar-refractivity contribution in [2.45, 2.75) is 31.7 Å². The predicted octanol–water partition coefficient (Wildman–Crippen LogP) is 2.13. The van der Waals surface area contributed by atoms with Crippen molar-refractivity contribution in [2.75, 3.05) is 23.3 Å². The molecule has 1 amide bonds. The summed E-state index contributed by atoms with van der Waals surface area (Å²) in [7, 11) is 0. The molecule has 2 aliphatic rings. The van der Waals surface area contributed by atoms with Gasteiger partial charge in [0.2, 0.25) is 5.91 Å². The predicted molar refractivity (Wildman–Crippen MR) is 110 cm³/mol. The van der Waals surface area contributed by atoms with Crippen molar-refractivity contribution in [1.82, 2.24) is 34.3 Å². The third kappa shape index (κ3) is 3.05. The molecule has 4 aromatic heterocycles. The van der Waals surface area contributed by atoms with Crippen LogP contribution < -0.4 is 10.2 Å². The fourth-order valence-corrected chi connectivity index (χ4v) is 4.32. The van der Waals surface area contributed by atoms with Crippen molar-refractivity contribution >= 4 is 34.2 Å². The van der Waals surface area contributed by atoms with Crippen molar-refractivity contribution in [1.29, 1.82) is 0 Å². The minimum atomic E-state index is -2.74. The molecule has 1 aliphatic carbocycles. The minimum absolute atomic E-state index is 0.0984. The summed E-state index contributed by atoms with van der Waals surface area (Å²) in [5.74, 6) is -2.69. The Morgan fingerprint density at radius 3 is 2.84 bits per heavy atom. The number of amides is 1. The standard InChI is InChI=1S/C20H19F2N9O/c21-20(22)11-29(6-4-19(20)2-3-19)16-9-23-14-8-25-31(18(14)28-16)10-17(32)27-13-1-5-30-15(7-13)24-12-26-30/h1,5,7-9,12H,2-4,6,10-11H2,(H,27,32). The molecule has 4 aromatic rings. The second-order valence-electron chi connectivity index (χ2n) is 8.42. The van der Waals surface area contributed by atoms with Gasteiger partial charge in [0, 0.05) is 29.9 Å². The van der Waals surface area contributed by atoms with Crippen LogP contribution in [-0.2, 0) is 11.3 Å². The van der Waals surface area contributed by atoms with Crippen LogP contribution in [0.1, 0.15) is 19.3 Å². The van der Waals surface area contributed by atoms with E-state index >= 15 is 0 Å². The normalized spacial score (nSPS) is 19.0. The zero-order valence-corrected chi connectivity index (χ0v) is 16.9. The van der Waals surface area contributed by atoms with Gasteiger partial charge in [-0.05, 0) is 25.3 Å². The molecule has 0 radical (unpaired) electrons. The highest BCUT2D eigenvalue weighted by Gasteiger charge is 2.63. The molecule has 1 saturated carbocycles. The maximum atomic E-state index is 14.6. The van der Waals surface area contributed by atoms with Crippen molar-refractivity contribution in [3.05, 3.63) is 37.1 Å². The summed E-state index contributed by atoms with van der Waals surface area (Å²) < 4.78 is 32.2. The Hall–Kier alpha value is -3.70. The van der Waals surface area contributed by atoms with E-state index in [-0.39, 0.29) is 19.0 Å². The molecule has 6 rings (SSSR count). The van der Waals surface area contributed by atoms with Crippen LogP contribution in [-0.4, -0.2) is 59.3 Å². The van der Waals surface area contributed by atoms with Crippen molar-refractivity contribution in [3.63, 3.8) is 0 Å². The molecular weight excluding hydrogens is 420 g/mol. The van der Waals surface area contributed by atoms with E-state index in [4.69, 9.17) is 0 Å². The minimum Gasteiger partial charge on any atom is -0.349 e. The number of carbonyl (C=O) groups is 1. The molecule has 1 spiro atoms. The number of halogens is 2. The molecule has 12 heteroatoms. The Labute approximate surface area is 180 Å². The molecule has 1 N–H and O–H groups in total. The first-order valence-electron chi connectivity index (χ1n) is 10.3. The van der Waals surface area contributed by atoms with Crippen LogP contribution in [0.3, 0.4) is 0 Å². The highest BCUT2D eigenvalue weighted by Crippen LogP contribution is 2.61. The van der Waals surface area contributed by atoms with Crippen LogP contribution in [0.2, 0.25) is 0 Å². The van der Waals surface area contributed by atoms with Gasteiger partial charge in [-0.2, -0.15) is 10.2 Å². The van der Waals surface area contributed by atoms with E-state index in [1.165, 1.54) is 23.4 Å². The van der Waals surface area contributed by atoms with Crippen molar-refractivity contribution in [2.24, 2.45) is 5.41 Å². The van der Waals surface area contributed by atoms with E-state index in [0.29, 0.717) is 54.1 Å². The fraction of sp³-hybridized carbons (Fsp3) is 0.400. The van der Waals surface area contributed by atoms with E-state index in [1.54, 1.807) is 27.7 Å². The van der Waals surface area contributed by atoms with Crippen LogP contribution in [0.4, 0.5) is 20.3 Å². The monoisotopic (exact) mass is 439 g/mol. The topological polar surface area (TPSA) is 106 Å². The molecule has 1 aliphatic heterocycles. The lowest BCUT2D eigenvalue weighted by Crippen LogP contribution is -2.50. The maximum Gasteiger partial charge on any atom is 0.270 e. The molecule has 1 saturated heterocycles. The van der Waals surface area contributed by atoms with Crippen LogP contribution in [0, 0.1) is 5.41 Å². The van der Waals surface area contributed by atoms with Crippen LogP contribution in [0.5, 0.6) is 0 Å². The van der Waals surface area contributed by atoms with Gasteiger partial charge in [0.05, 0.1) is 18.9 Å². The third-order valence-electron chi connectivity index (χ3n) is 6.39. The van der Waals surface area contributed by atoms with Gasteiger partial charge in [-0.15, -0.1) is 0 Å². The number of carbonyl (C=O) groups excluding carboxylic acids is 1. The molecule has 0 bridgehead atoms. The summed E-state index contributed by atoms with van der Waals surface area (Å²) >= 11 is 0. The van der Waals surface area contributed by atoms with Gasteiger partial charge in [0.1, 0.15) is 24.2 Å². The van der Waals surface area contributed by atoms with Gasteiger partial charge in [0.25, 0.3) is 5.92 Å². The summed E-state index contributed by atoms with van der Waals surface area (Å²) in [6, 6.07) is 3.41. The number of piperidine rings is 1. The molecule has 10 nitrogen and oxygen atoms in total. The smallest absolute Gasteiger partial charge is 0.270 e. The highest BCUT2D eigenvalue weighted by molar-refractivity contribution is 5.91. The van der Waals surface area contributed by atoms with Gasteiger partial charge >= 0.3 is 0 Å². The Kier molecular flexibility index (Phi) is 3.95. The van der Waals surface area contributed by atoms with E-state index in [9.17, 15) is 13.6 Å². The average molecular weight is 439 g/mol. The average Bonchev–Trinajstić information content (AvgIpc) is 3.24. The molecular formula is C20H19F2N9O. The number of nitrogens with zero attached hydrogens (tertiary/aromatic N) is 8. The second kappa shape index (κ2) is 6.65. The first-order chi connectivity index (χ1) is 15.4. The first-order valence-corrected chi connectivity index (χ1v) is 10.3. The fourth-order valence-electron chi connectivity index (χ4n) is 4.32. The molecule has 0 unspecified atom stereocenters. The van der Waals surface area contributed by atoms with Crippen LogP contribution >= 0.6 is 0 Å². The summed E-state index contributed by atoms with van der Waals surface area (Å²) in [5, 5.41) is 11.0. The number of nitrogens with one attached hydrogen (secondary N) is 1. The quantitative estimate of drug-likeness (QED) is 0.519. The highest BCUT2D eigenvalue weighted by atomic mass is 19.3. The number of fused-ring (bicyclic) bond motifs is 2. The molecule has 2 fully saturated rings. The summed E-state index contributed by atoms with van der Waals surface area (Å²) in [4.78, 5) is 27.1. The third-order valence-corrected chi connectivity index (χ3v) is 6.39. The van der Waals surface area contributed by atoms with E-state index < -0.39 is 11.3 Å². The van der Waals surface area contributed by atoms with Gasteiger partial charge in [0.15, 0.2) is 11.3 Å². The number of hydrogen-bond acceptors (Lipinski definition) is 7. The Morgan fingerprint density at radius 1 is 1.16 bits per heavy atom. The SMILES string of the molecule is O=C(Cn1ncc2ncc(N3CCC4(CC4)C(F)(F)C3)nc21)Nc1ccn2ncnc2c1. The molecule has 0 atom stereocenters. The van der Waals surface area contributed by atoms with Crippen LogP contribution in [0.25, 0.3) is 16.8 Å². The Morgan fingerprint density at radius 2 is 2.03 bits per heavy atom. The van der Waals surface area contributed by atoms with Crippen LogP contribution in [0.15, 0.2) is 37.1 Å². The number of alkyl halides is 2. The number of anilines is 2. The summed E-state index contributed by atoms with van der Waals surface area (Å²) in [5.41, 5.74) is 1.22. The molecule has 164 valence electrons. The van der Waals surface area contributed by atoms with Gasteiger partial charge < -0.3 is 10.2 Å². The van der Waals surface area contributed by atoms with Gasteiger partial charge in [-0.3, -0.25) is 4.79 Å². The molecule has 0 aromatic carbocycles. The molecule has 32 heavy (non-hydrogen) atoms. The lowest BCUT2D eigenvalue weighted by Gasteiger charge is -2.39. The number of aromatic nitrogens is 7. The Bertz CT molecular complexity index is 1340. The van der Waals surface area contributed by atoms with Gasteiger partial charge in [-0.25, -0.2) is 32.9 Å². The van der Waals surface area contributed by atoms with Crippen molar-refractivity contribution in [3.8, 4) is 0 Å². The second-order valence-corrected chi connectivity index (χ2v) is 8.42. The maximum absolute atomic E-state index is 14.6. The van der Waals surface area contributed by atoms with Crippen molar-refractivity contribution < 1.29 is 13.6 Å². The van der Waals surface area contributed by atoms with E-state index in [0.717, 1.165) is 0 Å². The largest absolute Gasteiger partial charge is 0.349 e. The summed E-state index contributed by atoms with van der Waals surface area (Å²) in [6.07, 6.45) is 7.73. The van der Waals surface area contributed by atoms with Gasteiger partial charge in [-0.1, -0.05) is 0 Å². The zero-order valence-electron chi connectivity index (χ0n) is 16.9. The molecule has 5 heterocycles. The number of pyridine rings is 1. The zero-order chi connectivity index (χ0) is 21.9. The lowest BCUT2D eigenvalue weighted by atomic mass is 9.89. The number of hydrogen-bond donors (Lipinski definition) is 1. The summed E-state index contributed by atoms with van der Waals surface area (Å²) in [6.45, 7) is 0.0429. The first kappa shape index (κ1) is 19.0. The van der Waals surface area contributed by atoms with E-state index in [2.05, 4.69) is 30.5 Å². The lowest BCUT2D eigenvalue weighted by molar-refractivity contribution is -0.116. The van der Waals surface area contributed by atoms with E-state index in [1.807, 2.05) is 0 Å².